The Balaban J connectivity index is 3.59. The summed E-state index contributed by atoms with van der Waals surface area (Å²) in [7, 11) is 0. The van der Waals surface area contributed by atoms with Gasteiger partial charge in [-0.2, -0.15) is 25.8 Å². The number of hydrogen-bond donors (Lipinski definition) is 1. The van der Waals surface area contributed by atoms with Crippen LogP contribution >= 0.6 is 12.6 Å². The zero-order valence-electron chi connectivity index (χ0n) is 4.45. The minimum atomic E-state index is -4.71. The molecule has 0 heterocycles. The smallest absolute Gasteiger partial charge is 0.237 e. The maximum Gasteiger partial charge on any atom is 0.419 e. The lowest BCUT2D eigenvalue weighted by Gasteiger charge is -2.09. The molecule has 0 aromatic rings. The molecule has 0 spiro atoms. The summed E-state index contributed by atoms with van der Waals surface area (Å²) in [6.45, 7) is 0. The number of thiol groups is 1. The largest absolute Gasteiger partial charge is 0.419 e. The summed E-state index contributed by atoms with van der Waals surface area (Å²) in [5, 5.41) is 0. The molecule has 0 aliphatic carbocycles. The van der Waals surface area contributed by atoms with Crippen molar-refractivity contribution in [1.29, 1.82) is 0 Å². The van der Waals surface area contributed by atoms with Gasteiger partial charge in [0.25, 0.3) is 0 Å². The predicted molar refractivity (Wildman–Crippen MR) is 29.4 cm³/mol. The highest BCUT2D eigenvalue weighted by Crippen LogP contribution is 2.25. The molecular weight excluding hydrogens is 156 g/mol. The van der Waals surface area contributed by atoms with E-state index in [0.717, 1.165) is 0 Å². The first-order chi connectivity index (χ1) is 3.98. The van der Waals surface area contributed by atoms with Crippen LogP contribution in [0.3, 0.4) is 0 Å². The molecule has 0 bridgehead atoms. The van der Waals surface area contributed by atoms with Crippen molar-refractivity contribution in [2.45, 2.75) is 18.8 Å². The zero-order chi connectivity index (χ0) is 7.49. The first-order valence-electron chi connectivity index (χ1n) is 2.30. The van der Waals surface area contributed by atoms with Crippen LogP contribution in [-0.2, 0) is 0 Å². The zero-order valence-corrected chi connectivity index (χ0v) is 5.35. The molecular formula is C4H6F4S. The molecule has 56 valence electrons. The molecule has 0 aliphatic heterocycles. The van der Waals surface area contributed by atoms with E-state index in [1.165, 1.54) is 0 Å². The first-order valence-corrected chi connectivity index (χ1v) is 2.93. The van der Waals surface area contributed by atoms with Gasteiger partial charge in [-0.1, -0.05) is 0 Å². The van der Waals surface area contributed by atoms with Crippen LogP contribution in [-0.4, -0.2) is 18.1 Å². The minimum Gasteiger partial charge on any atom is -0.237 e. The fourth-order valence-corrected chi connectivity index (χ4v) is 0.504. The van der Waals surface area contributed by atoms with Crippen molar-refractivity contribution in [1.82, 2.24) is 0 Å². The molecule has 0 radical (unpaired) electrons. The number of halogens is 4. The van der Waals surface area contributed by atoms with Crippen molar-refractivity contribution in [3.8, 4) is 0 Å². The van der Waals surface area contributed by atoms with Crippen LogP contribution in [0.1, 0.15) is 6.42 Å². The molecule has 0 saturated heterocycles. The third-order valence-corrected chi connectivity index (χ3v) is 0.996. The Bertz CT molecular complexity index is 79.1. The Morgan fingerprint density at radius 1 is 1.33 bits per heavy atom. The second-order valence-corrected chi connectivity index (χ2v) is 1.97. The van der Waals surface area contributed by atoms with Gasteiger partial charge in [-0.15, -0.1) is 0 Å². The van der Waals surface area contributed by atoms with Gasteiger partial charge in [-0.05, 0) is 12.2 Å². The van der Waals surface area contributed by atoms with Crippen molar-refractivity contribution in [3.63, 3.8) is 0 Å². The Kier molecular flexibility index (Phi) is 3.32. The van der Waals surface area contributed by atoms with Crippen LogP contribution in [0.15, 0.2) is 0 Å². The van der Waals surface area contributed by atoms with Crippen LogP contribution in [0.5, 0.6) is 0 Å². The number of alkyl halides is 4. The molecule has 0 amide bonds. The third kappa shape index (κ3) is 3.61. The summed E-state index contributed by atoms with van der Waals surface area (Å²) >= 11 is 3.45. The SMILES string of the molecule is FC(CCS)C(F)(F)F. The lowest BCUT2D eigenvalue weighted by Crippen LogP contribution is -2.24. The maximum absolute atomic E-state index is 11.7. The van der Waals surface area contributed by atoms with Crippen LogP contribution in [0.2, 0.25) is 0 Å². The average molecular weight is 162 g/mol. The van der Waals surface area contributed by atoms with Crippen LogP contribution in [0, 0.1) is 0 Å². The Hall–Kier alpha value is 0.0700. The Morgan fingerprint density at radius 2 is 1.78 bits per heavy atom. The van der Waals surface area contributed by atoms with Gasteiger partial charge in [0, 0.05) is 0 Å². The Morgan fingerprint density at radius 3 is 1.89 bits per heavy atom. The second-order valence-electron chi connectivity index (χ2n) is 1.52. The molecule has 5 heteroatoms. The fraction of sp³-hybridized carbons (Fsp3) is 1.00. The normalized spacial score (nSPS) is 15.7. The summed E-state index contributed by atoms with van der Waals surface area (Å²) in [5.74, 6) is -0.0827. The van der Waals surface area contributed by atoms with E-state index < -0.39 is 18.8 Å². The summed E-state index contributed by atoms with van der Waals surface area (Å²) in [4.78, 5) is 0. The topological polar surface area (TPSA) is 0 Å². The van der Waals surface area contributed by atoms with E-state index in [1.54, 1.807) is 0 Å². The number of rotatable bonds is 2. The molecule has 1 atom stereocenters. The molecule has 0 rings (SSSR count). The highest BCUT2D eigenvalue weighted by atomic mass is 32.1. The van der Waals surface area contributed by atoms with E-state index in [2.05, 4.69) is 12.6 Å². The minimum absolute atomic E-state index is 0.0827. The molecule has 0 saturated carbocycles. The molecule has 1 unspecified atom stereocenters. The van der Waals surface area contributed by atoms with Crippen molar-refractivity contribution in [2.75, 3.05) is 5.75 Å². The highest BCUT2D eigenvalue weighted by molar-refractivity contribution is 7.80. The van der Waals surface area contributed by atoms with E-state index >= 15 is 0 Å². The lowest BCUT2D eigenvalue weighted by molar-refractivity contribution is -0.180. The summed E-state index contributed by atoms with van der Waals surface area (Å²) in [6, 6.07) is 0. The fourth-order valence-electron chi connectivity index (χ4n) is 0.277. The summed E-state index contributed by atoms with van der Waals surface area (Å²) < 4.78 is 45.4. The van der Waals surface area contributed by atoms with E-state index in [1.807, 2.05) is 0 Å². The molecule has 9 heavy (non-hydrogen) atoms. The van der Waals surface area contributed by atoms with E-state index in [0.29, 0.717) is 0 Å². The quantitative estimate of drug-likeness (QED) is 0.467. The van der Waals surface area contributed by atoms with Gasteiger partial charge in [0.05, 0.1) is 0 Å². The van der Waals surface area contributed by atoms with Crippen LogP contribution in [0.25, 0.3) is 0 Å². The standard InChI is InChI=1S/C4H6F4S/c5-3(1-2-9)4(6,7)8/h3,9H,1-2H2. The average Bonchev–Trinajstić information content (AvgIpc) is 1.64. The van der Waals surface area contributed by atoms with Crippen LogP contribution in [0.4, 0.5) is 17.6 Å². The van der Waals surface area contributed by atoms with E-state index in [4.69, 9.17) is 0 Å². The molecule has 0 N–H and O–H groups in total. The van der Waals surface area contributed by atoms with Gasteiger partial charge in [-0.3, -0.25) is 0 Å². The molecule has 0 fully saturated rings. The van der Waals surface area contributed by atoms with Gasteiger partial charge in [0.1, 0.15) is 0 Å². The summed E-state index contributed by atoms with van der Waals surface area (Å²) in [6.07, 6.45) is -7.98. The van der Waals surface area contributed by atoms with E-state index in [9.17, 15) is 17.6 Å². The Labute approximate surface area is 55.7 Å². The third-order valence-electron chi connectivity index (χ3n) is 0.738. The number of hydrogen-bond acceptors (Lipinski definition) is 1. The van der Waals surface area contributed by atoms with Crippen molar-refractivity contribution < 1.29 is 17.6 Å². The first kappa shape index (κ1) is 9.07. The van der Waals surface area contributed by atoms with Gasteiger partial charge < -0.3 is 0 Å². The molecule has 0 aromatic heterocycles. The molecule has 0 aliphatic rings. The van der Waals surface area contributed by atoms with Gasteiger partial charge in [0.2, 0.25) is 0 Å². The molecule has 0 aromatic carbocycles. The highest BCUT2D eigenvalue weighted by Gasteiger charge is 2.38. The monoisotopic (exact) mass is 162 g/mol. The predicted octanol–water partition coefficient (Wildman–Crippen LogP) is 2.21. The van der Waals surface area contributed by atoms with Crippen molar-refractivity contribution >= 4 is 12.6 Å². The molecule has 0 nitrogen and oxygen atoms in total. The van der Waals surface area contributed by atoms with Gasteiger partial charge >= 0.3 is 6.18 Å². The van der Waals surface area contributed by atoms with Crippen molar-refractivity contribution in [2.24, 2.45) is 0 Å². The maximum atomic E-state index is 11.7. The second kappa shape index (κ2) is 3.29. The van der Waals surface area contributed by atoms with Gasteiger partial charge in [0.15, 0.2) is 6.17 Å². The summed E-state index contributed by atoms with van der Waals surface area (Å²) in [5.41, 5.74) is 0. The van der Waals surface area contributed by atoms with Crippen molar-refractivity contribution in [3.05, 3.63) is 0 Å². The lowest BCUT2D eigenvalue weighted by atomic mass is 10.3. The van der Waals surface area contributed by atoms with Gasteiger partial charge in [-0.25, -0.2) is 4.39 Å². The van der Waals surface area contributed by atoms with Crippen LogP contribution < -0.4 is 0 Å². The van der Waals surface area contributed by atoms with E-state index in [-0.39, 0.29) is 5.75 Å².